The van der Waals surface area contributed by atoms with Crippen LogP contribution in [0.2, 0.25) is 10.0 Å². The maximum atomic E-state index is 13.7. The van der Waals surface area contributed by atoms with Crippen molar-refractivity contribution < 1.29 is 4.39 Å². The zero-order valence-electron chi connectivity index (χ0n) is 11.5. The molecule has 0 aliphatic carbocycles. The molecule has 20 heavy (non-hydrogen) atoms. The molecule has 108 valence electrons. The van der Waals surface area contributed by atoms with Crippen LogP contribution in [0.5, 0.6) is 0 Å². The number of aromatic nitrogens is 2. The minimum Gasteiger partial charge on any atom is -0.308 e. The molecule has 1 unspecified atom stereocenters. The number of nitrogens with zero attached hydrogens (tertiary/aromatic N) is 2. The largest absolute Gasteiger partial charge is 0.308 e. The number of hydrogen-bond donors (Lipinski definition) is 1. The predicted molar refractivity (Wildman–Crippen MR) is 79.9 cm³/mol. The molecule has 0 spiro atoms. The van der Waals surface area contributed by atoms with Crippen LogP contribution < -0.4 is 5.32 Å². The van der Waals surface area contributed by atoms with Crippen LogP contribution in [0.25, 0.3) is 0 Å². The van der Waals surface area contributed by atoms with Gasteiger partial charge < -0.3 is 5.32 Å². The number of rotatable bonds is 4. The lowest BCUT2D eigenvalue weighted by atomic mass is 10.0. The molecule has 0 aliphatic rings. The van der Waals surface area contributed by atoms with E-state index < -0.39 is 5.82 Å². The van der Waals surface area contributed by atoms with E-state index in [2.05, 4.69) is 10.4 Å². The lowest BCUT2D eigenvalue weighted by Crippen LogP contribution is -2.23. The van der Waals surface area contributed by atoms with Crippen molar-refractivity contribution in [2.75, 3.05) is 7.05 Å². The fourth-order valence-electron chi connectivity index (χ4n) is 2.22. The standard InChI is InChI=1S/C14H16Cl2FN3/c1-8(2)20-14(10(15)7-19-20)13(18-3)9-5-4-6-11(17)12(9)16/h4-8,13,18H,1-3H3. The molecule has 2 aromatic rings. The van der Waals surface area contributed by atoms with Gasteiger partial charge in [-0.2, -0.15) is 5.10 Å². The Labute approximate surface area is 127 Å². The molecule has 1 N–H and O–H groups in total. The van der Waals surface area contributed by atoms with Gasteiger partial charge in [-0.05, 0) is 32.5 Å². The SMILES string of the molecule is CNC(c1cccc(F)c1Cl)c1c(Cl)cnn1C(C)C. The van der Waals surface area contributed by atoms with E-state index in [1.807, 2.05) is 18.5 Å². The Morgan fingerprint density at radius 3 is 2.60 bits per heavy atom. The molecule has 3 nitrogen and oxygen atoms in total. The first-order chi connectivity index (χ1) is 9.47. The van der Waals surface area contributed by atoms with Crippen LogP contribution in [0.1, 0.15) is 37.2 Å². The van der Waals surface area contributed by atoms with E-state index in [0.29, 0.717) is 10.6 Å². The second-order valence-electron chi connectivity index (χ2n) is 4.78. The smallest absolute Gasteiger partial charge is 0.142 e. The molecular formula is C14H16Cl2FN3. The lowest BCUT2D eigenvalue weighted by molar-refractivity contribution is 0.483. The van der Waals surface area contributed by atoms with Crippen LogP contribution in [0.3, 0.4) is 0 Å². The first-order valence-electron chi connectivity index (χ1n) is 6.31. The molecule has 0 bridgehead atoms. The molecule has 0 saturated carbocycles. The first-order valence-corrected chi connectivity index (χ1v) is 7.07. The molecule has 0 amide bonds. The predicted octanol–water partition coefficient (Wildman–Crippen LogP) is 4.22. The molecule has 0 radical (unpaired) electrons. The van der Waals surface area contributed by atoms with Crippen molar-refractivity contribution >= 4 is 23.2 Å². The Balaban J connectivity index is 2.58. The van der Waals surface area contributed by atoms with Gasteiger partial charge in [0.1, 0.15) is 5.82 Å². The van der Waals surface area contributed by atoms with Crippen LogP contribution in [-0.4, -0.2) is 16.8 Å². The highest BCUT2D eigenvalue weighted by Gasteiger charge is 2.24. The van der Waals surface area contributed by atoms with Crippen LogP contribution in [0, 0.1) is 5.82 Å². The van der Waals surface area contributed by atoms with Crippen molar-refractivity contribution in [3.63, 3.8) is 0 Å². The monoisotopic (exact) mass is 315 g/mol. The van der Waals surface area contributed by atoms with Crippen molar-refractivity contribution in [1.82, 2.24) is 15.1 Å². The van der Waals surface area contributed by atoms with Gasteiger partial charge in [-0.3, -0.25) is 4.68 Å². The van der Waals surface area contributed by atoms with E-state index in [1.165, 1.54) is 6.07 Å². The van der Waals surface area contributed by atoms with Crippen LogP contribution in [0.4, 0.5) is 4.39 Å². The highest BCUT2D eigenvalue weighted by atomic mass is 35.5. The molecule has 2 rings (SSSR count). The minimum absolute atomic E-state index is 0.0967. The van der Waals surface area contributed by atoms with E-state index in [0.717, 1.165) is 5.69 Å². The van der Waals surface area contributed by atoms with Gasteiger partial charge in [0.25, 0.3) is 0 Å². The average Bonchev–Trinajstić information content (AvgIpc) is 2.78. The summed E-state index contributed by atoms with van der Waals surface area (Å²) in [5, 5.41) is 8.02. The molecule has 1 atom stereocenters. The van der Waals surface area contributed by atoms with Gasteiger partial charge in [-0.1, -0.05) is 35.3 Å². The first kappa shape index (κ1) is 15.3. The third kappa shape index (κ3) is 2.68. The average molecular weight is 316 g/mol. The maximum Gasteiger partial charge on any atom is 0.142 e. The molecular weight excluding hydrogens is 300 g/mol. The third-order valence-electron chi connectivity index (χ3n) is 3.13. The number of hydrogen-bond acceptors (Lipinski definition) is 2. The summed E-state index contributed by atoms with van der Waals surface area (Å²) in [6, 6.07) is 4.56. The summed E-state index contributed by atoms with van der Waals surface area (Å²) in [6.45, 7) is 4.01. The van der Waals surface area contributed by atoms with Crippen LogP contribution in [-0.2, 0) is 0 Å². The second-order valence-corrected chi connectivity index (χ2v) is 5.57. The zero-order valence-corrected chi connectivity index (χ0v) is 13.0. The van der Waals surface area contributed by atoms with Crippen LogP contribution in [0.15, 0.2) is 24.4 Å². The van der Waals surface area contributed by atoms with Gasteiger partial charge in [-0.25, -0.2) is 4.39 Å². The Bertz CT molecular complexity index is 610. The summed E-state index contributed by atoms with van der Waals surface area (Å²) in [4.78, 5) is 0. The second kappa shape index (κ2) is 6.12. The Morgan fingerprint density at radius 1 is 1.30 bits per heavy atom. The van der Waals surface area contributed by atoms with Gasteiger partial charge in [0.05, 0.1) is 28.0 Å². The third-order valence-corrected chi connectivity index (χ3v) is 3.82. The van der Waals surface area contributed by atoms with Gasteiger partial charge >= 0.3 is 0 Å². The molecule has 1 aromatic heterocycles. The fourth-order valence-corrected chi connectivity index (χ4v) is 2.69. The molecule has 0 fully saturated rings. The van der Waals surface area contributed by atoms with E-state index in [1.54, 1.807) is 25.4 Å². The summed E-state index contributed by atoms with van der Waals surface area (Å²) in [6.07, 6.45) is 1.59. The van der Waals surface area contributed by atoms with E-state index >= 15 is 0 Å². The van der Waals surface area contributed by atoms with Crippen molar-refractivity contribution in [2.45, 2.75) is 25.9 Å². The minimum atomic E-state index is -0.448. The van der Waals surface area contributed by atoms with Crippen molar-refractivity contribution in [3.8, 4) is 0 Å². The fraction of sp³-hybridized carbons (Fsp3) is 0.357. The van der Waals surface area contributed by atoms with Gasteiger partial charge in [0, 0.05) is 6.04 Å². The maximum absolute atomic E-state index is 13.7. The van der Waals surface area contributed by atoms with E-state index in [9.17, 15) is 4.39 Å². The number of nitrogens with one attached hydrogen (secondary N) is 1. The quantitative estimate of drug-likeness (QED) is 0.915. The van der Waals surface area contributed by atoms with Crippen LogP contribution >= 0.6 is 23.2 Å². The summed E-state index contributed by atoms with van der Waals surface area (Å²) >= 11 is 12.3. The molecule has 0 saturated heterocycles. The summed E-state index contributed by atoms with van der Waals surface area (Å²) in [5.41, 5.74) is 1.41. The summed E-state index contributed by atoms with van der Waals surface area (Å²) in [7, 11) is 1.78. The molecule has 6 heteroatoms. The number of benzene rings is 1. The van der Waals surface area contributed by atoms with Crippen molar-refractivity contribution in [2.24, 2.45) is 0 Å². The zero-order chi connectivity index (χ0) is 14.9. The lowest BCUT2D eigenvalue weighted by Gasteiger charge is -2.22. The number of halogens is 3. The Kier molecular flexibility index (Phi) is 4.68. The summed E-state index contributed by atoms with van der Waals surface area (Å²) in [5.74, 6) is -0.448. The molecule has 0 aliphatic heterocycles. The van der Waals surface area contributed by atoms with Gasteiger partial charge in [0.15, 0.2) is 0 Å². The van der Waals surface area contributed by atoms with Gasteiger partial charge in [-0.15, -0.1) is 0 Å². The molecule has 1 aromatic carbocycles. The highest BCUT2D eigenvalue weighted by molar-refractivity contribution is 6.32. The van der Waals surface area contributed by atoms with Crippen molar-refractivity contribution in [1.29, 1.82) is 0 Å². The van der Waals surface area contributed by atoms with E-state index in [-0.39, 0.29) is 17.1 Å². The molecule has 1 heterocycles. The normalized spacial score (nSPS) is 12.9. The topological polar surface area (TPSA) is 29.9 Å². The summed E-state index contributed by atoms with van der Waals surface area (Å²) < 4.78 is 15.5. The Morgan fingerprint density at radius 2 is 2.00 bits per heavy atom. The highest BCUT2D eigenvalue weighted by Crippen LogP contribution is 2.34. The van der Waals surface area contributed by atoms with E-state index in [4.69, 9.17) is 23.2 Å². The Hall–Kier alpha value is -1.10. The van der Waals surface area contributed by atoms with Crippen molar-refractivity contribution in [3.05, 3.63) is 51.5 Å². The van der Waals surface area contributed by atoms with Gasteiger partial charge in [0.2, 0.25) is 0 Å².